The summed E-state index contributed by atoms with van der Waals surface area (Å²) in [6, 6.07) is 6.32. The minimum atomic E-state index is 0.408. The third kappa shape index (κ3) is 3.47. The van der Waals surface area contributed by atoms with E-state index in [0.29, 0.717) is 6.10 Å². The Bertz CT molecular complexity index is 392. The predicted octanol–water partition coefficient (Wildman–Crippen LogP) is 2.40. The summed E-state index contributed by atoms with van der Waals surface area (Å²) < 4.78 is 11.2. The zero-order valence-corrected chi connectivity index (χ0v) is 11.6. The summed E-state index contributed by atoms with van der Waals surface area (Å²) >= 11 is 0. The maximum atomic E-state index is 5.84. The maximum Gasteiger partial charge on any atom is 0.122 e. The molecule has 0 radical (unpaired) electrons. The van der Waals surface area contributed by atoms with Gasteiger partial charge >= 0.3 is 0 Å². The van der Waals surface area contributed by atoms with Gasteiger partial charge in [-0.1, -0.05) is 17.7 Å². The smallest absolute Gasteiger partial charge is 0.122 e. The molecule has 100 valence electrons. The van der Waals surface area contributed by atoms with Crippen molar-refractivity contribution >= 4 is 0 Å². The summed E-state index contributed by atoms with van der Waals surface area (Å²) in [5.41, 5.74) is 2.49. The van der Waals surface area contributed by atoms with E-state index < -0.39 is 0 Å². The first-order chi connectivity index (χ1) is 8.69. The van der Waals surface area contributed by atoms with Crippen LogP contribution in [0.3, 0.4) is 0 Å². The molecule has 0 N–H and O–H groups in total. The minimum Gasteiger partial charge on any atom is -0.492 e. The molecule has 18 heavy (non-hydrogen) atoms. The number of likely N-dealkylation sites (tertiary alicyclic amines) is 1. The first-order valence-corrected chi connectivity index (χ1v) is 6.64. The average molecular weight is 249 g/mol. The fraction of sp³-hybridized carbons (Fsp3) is 0.600. The van der Waals surface area contributed by atoms with Crippen molar-refractivity contribution in [1.29, 1.82) is 0 Å². The molecule has 1 aliphatic rings. The van der Waals surface area contributed by atoms with Gasteiger partial charge in [-0.15, -0.1) is 0 Å². The summed E-state index contributed by atoms with van der Waals surface area (Å²) in [7, 11) is 1.79. The maximum absolute atomic E-state index is 5.84. The number of hydrogen-bond acceptors (Lipinski definition) is 3. The minimum absolute atomic E-state index is 0.408. The van der Waals surface area contributed by atoms with Crippen LogP contribution in [0, 0.1) is 13.8 Å². The number of rotatable bonds is 5. The van der Waals surface area contributed by atoms with E-state index in [4.69, 9.17) is 9.47 Å². The Morgan fingerprint density at radius 1 is 1.33 bits per heavy atom. The van der Waals surface area contributed by atoms with E-state index in [1.54, 1.807) is 7.11 Å². The molecule has 0 spiro atoms. The summed E-state index contributed by atoms with van der Waals surface area (Å²) in [6.45, 7) is 8.08. The van der Waals surface area contributed by atoms with Gasteiger partial charge in [0.2, 0.25) is 0 Å². The van der Waals surface area contributed by atoms with Crippen molar-refractivity contribution in [2.45, 2.75) is 26.4 Å². The molecular formula is C15H23NO2. The van der Waals surface area contributed by atoms with Crippen LogP contribution in [0.1, 0.15) is 17.5 Å². The molecule has 0 aromatic heterocycles. The molecule has 0 unspecified atom stereocenters. The normalized spacial score (nSPS) is 20.3. The van der Waals surface area contributed by atoms with Gasteiger partial charge in [-0.2, -0.15) is 0 Å². The monoisotopic (exact) mass is 249 g/mol. The van der Waals surface area contributed by atoms with Crippen molar-refractivity contribution in [3.05, 3.63) is 29.3 Å². The summed E-state index contributed by atoms with van der Waals surface area (Å²) in [6.07, 6.45) is 1.55. The second-order valence-electron chi connectivity index (χ2n) is 5.06. The van der Waals surface area contributed by atoms with Crippen molar-refractivity contribution in [3.63, 3.8) is 0 Å². The molecule has 1 aliphatic heterocycles. The third-order valence-corrected chi connectivity index (χ3v) is 3.56. The van der Waals surface area contributed by atoms with Gasteiger partial charge in [0.05, 0.1) is 6.10 Å². The van der Waals surface area contributed by atoms with Crippen LogP contribution in [0.15, 0.2) is 18.2 Å². The molecular weight excluding hydrogens is 226 g/mol. The molecule has 1 atom stereocenters. The highest BCUT2D eigenvalue weighted by Gasteiger charge is 2.21. The topological polar surface area (TPSA) is 21.7 Å². The molecule has 1 saturated heterocycles. The summed E-state index contributed by atoms with van der Waals surface area (Å²) in [5, 5.41) is 0. The van der Waals surface area contributed by atoms with Crippen molar-refractivity contribution in [3.8, 4) is 5.75 Å². The summed E-state index contributed by atoms with van der Waals surface area (Å²) in [4.78, 5) is 2.40. The van der Waals surface area contributed by atoms with Crippen LogP contribution in [0.25, 0.3) is 0 Å². The predicted molar refractivity (Wildman–Crippen MR) is 73.3 cm³/mol. The second-order valence-corrected chi connectivity index (χ2v) is 5.06. The van der Waals surface area contributed by atoms with Gasteiger partial charge in [0, 0.05) is 26.7 Å². The van der Waals surface area contributed by atoms with E-state index in [1.807, 2.05) is 0 Å². The van der Waals surface area contributed by atoms with Gasteiger partial charge in [0.15, 0.2) is 0 Å². The van der Waals surface area contributed by atoms with Crippen LogP contribution in [-0.4, -0.2) is 44.4 Å². The molecule has 0 bridgehead atoms. The van der Waals surface area contributed by atoms with Crippen LogP contribution in [0.4, 0.5) is 0 Å². The van der Waals surface area contributed by atoms with Crippen LogP contribution in [0.5, 0.6) is 5.75 Å². The number of aryl methyl sites for hydroxylation is 2. The number of methoxy groups -OCH3 is 1. The Kier molecular flexibility index (Phi) is 4.61. The van der Waals surface area contributed by atoms with E-state index in [9.17, 15) is 0 Å². The molecule has 1 aromatic rings. The molecule has 1 fully saturated rings. The Hall–Kier alpha value is -1.06. The lowest BCUT2D eigenvalue weighted by atomic mass is 10.1. The van der Waals surface area contributed by atoms with Gasteiger partial charge in [-0.25, -0.2) is 0 Å². The highest BCUT2D eigenvalue weighted by molar-refractivity contribution is 5.35. The Balaban J connectivity index is 1.75. The van der Waals surface area contributed by atoms with Crippen molar-refractivity contribution in [2.24, 2.45) is 0 Å². The van der Waals surface area contributed by atoms with Crippen molar-refractivity contribution in [2.75, 3.05) is 33.4 Å². The largest absolute Gasteiger partial charge is 0.492 e. The average Bonchev–Trinajstić information content (AvgIpc) is 2.80. The Morgan fingerprint density at radius 2 is 2.17 bits per heavy atom. The molecule has 0 aliphatic carbocycles. The third-order valence-electron chi connectivity index (χ3n) is 3.56. The lowest BCUT2D eigenvalue weighted by Crippen LogP contribution is -2.27. The first-order valence-electron chi connectivity index (χ1n) is 6.64. The first kappa shape index (κ1) is 13.4. The zero-order valence-electron chi connectivity index (χ0n) is 11.6. The molecule has 0 amide bonds. The van der Waals surface area contributed by atoms with E-state index in [2.05, 4.69) is 36.9 Å². The van der Waals surface area contributed by atoms with Gasteiger partial charge < -0.3 is 9.47 Å². The van der Waals surface area contributed by atoms with Crippen LogP contribution >= 0.6 is 0 Å². The van der Waals surface area contributed by atoms with E-state index in [0.717, 1.165) is 38.4 Å². The molecule has 2 rings (SSSR count). The quantitative estimate of drug-likeness (QED) is 0.800. The molecule has 1 aromatic carbocycles. The number of nitrogens with zero attached hydrogens (tertiary/aromatic N) is 1. The van der Waals surface area contributed by atoms with E-state index in [-0.39, 0.29) is 0 Å². The molecule has 1 heterocycles. The lowest BCUT2D eigenvalue weighted by Gasteiger charge is -2.16. The molecule has 0 saturated carbocycles. The lowest BCUT2D eigenvalue weighted by molar-refractivity contribution is 0.106. The Morgan fingerprint density at radius 3 is 2.83 bits per heavy atom. The van der Waals surface area contributed by atoms with Crippen LogP contribution in [-0.2, 0) is 4.74 Å². The number of ether oxygens (including phenoxy) is 2. The second kappa shape index (κ2) is 6.21. The Labute approximate surface area is 110 Å². The number of benzene rings is 1. The standard InChI is InChI=1S/C15H23NO2/c1-12-4-5-15(13(2)10-12)18-9-8-16-7-6-14(11-16)17-3/h4-5,10,14H,6-9,11H2,1-3H3/t14-/m0/s1. The summed E-state index contributed by atoms with van der Waals surface area (Å²) in [5.74, 6) is 1.00. The van der Waals surface area contributed by atoms with Crippen molar-refractivity contribution < 1.29 is 9.47 Å². The van der Waals surface area contributed by atoms with Gasteiger partial charge in [0.1, 0.15) is 12.4 Å². The van der Waals surface area contributed by atoms with E-state index >= 15 is 0 Å². The SMILES string of the molecule is CO[C@H]1CCN(CCOc2ccc(C)cc2C)C1. The number of hydrogen-bond donors (Lipinski definition) is 0. The van der Waals surface area contributed by atoms with Crippen LogP contribution < -0.4 is 4.74 Å². The highest BCUT2D eigenvalue weighted by atomic mass is 16.5. The van der Waals surface area contributed by atoms with E-state index in [1.165, 1.54) is 11.1 Å². The fourth-order valence-electron chi connectivity index (χ4n) is 2.44. The van der Waals surface area contributed by atoms with Crippen LogP contribution in [0.2, 0.25) is 0 Å². The van der Waals surface area contributed by atoms with Gasteiger partial charge in [-0.05, 0) is 31.9 Å². The highest BCUT2D eigenvalue weighted by Crippen LogP contribution is 2.19. The van der Waals surface area contributed by atoms with Crippen molar-refractivity contribution in [1.82, 2.24) is 4.90 Å². The van der Waals surface area contributed by atoms with Gasteiger partial charge in [-0.3, -0.25) is 4.90 Å². The zero-order chi connectivity index (χ0) is 13.0. The molecule has 3 nitrogen and oxygen atoms in total. The molecule has 3 heteroatoms. The van der Waals surface area contributed by atoms with Gasteiger partial charge in [0.25, 0.3) is 0 Å². The fourth-order valence-corrected chi connectivity index (χ4v) is 2.44.